The van der Waals surface area contributed by atoms with Gasteiger partial charge in [0.05, 0.1) is 18.3 Å². The number of aliphatic hydroxyl groups excluding tert-OH is 1. The fourth-order valence-corrected chi connectivity index (χ4v) is 4.23. The molecule has 0 radical (unpaired) electrons. The van der Waals surface area contributed by atoms with Crippen molar-refractivity contribution in [3.63, 3.8) is 0 Å². The van der Waals surface area contributed by atoms with Crippen LogP contribution in [0.2, 0.25) is 0 Å². The Kier molecular flexibility index (Phi) is 6.23. The number of amides is 1. The van der Waals surface area contributed by atoms with Gasteiger partial charge in [-0.25, -0.2) is 9.37 Å². The number of carbonyl (C=O) groups excluding carboxylic acids is 1. The lowest BCUT2D eigenvalue weighted by molar-refractivity contribution is 0.0480. The standard InChI is InChI=1S/C24H28FN3O3/c1-17-21(23(30)27-19(15-29)18-9-4-2-5-10-18)28-14-8-11-20(22(28)26-17)31-16-24(25)12-6-3-7-13-24/h2,4-5,8-11,14,19,29H,3,6-7,12-13,15-16H2,1H3,(H,27,30)/t19-/m0/s1. The van der Waals surface area contributed by atoms with Crippen molar-refractivity contribution in [3.05, 3.63) is 65.6 Å². The second-order valence-corrected chi connectivity index (χ2v) is 8.23. The summed E-state index contributed by atoms with van der Waals surface area (Å²) in [5.74, 6) is 0.105. The first-order chi connectivity index (χ1) is 15.0. The van der Waals surface area contributed by atoms with E-state index in [1.807, 2.05) is 30.3 Å². The van der Waals surface area contributed by atoms with Crippen LogP contribution < -0.4 is 10.1 Å². The molecule has 1 saturated carbocycles. The number of ether oxygens (including phenoxy) is 1. The van der Waals surface area contributed by atoms with Gasteiger partial charge in [0, 0.05) is 6.20 Å². The van der Waals surface area contributed by atoms with Crippen LogP contribution in [0.15, 0.2) is 48.7 Å². The highest BCUT2D eigenvalue weighted by atomic mass is 19.1. The molecule has 0 spiro atoms. The first-order valence-electron chi connectivity index (χ1n) is 10.8. The van der Waals surface area contributed by atoms with Crippen LogP contribution in [0.3, 0.4) is 0 Å². The average Bonchev–Trinajstić information content (AvgIpc) is 3.13. The number of aryl methyl sites for hydroxylation is 1. The molecule has 4 rings (SSSR count). The van der Waals surface area contributed by atoms with Gasteiger partial charge >= 0.3 is 0 Å². The average molecular weight is 426 g/mol. The Balaban J connectivity index is 1.57. The number of pyridine rings is 1. The predicted molar refractivity (Wildman–Crippen MR) is 116 cm³/mol. The van der Waals surface area contributed by atoms with Gasteiger partial charge in [0.25, 0.3) is 5.91 Å². The number of alkyl halides is 1. The maximum Gasteiger partial charge on any atom is 0.270 e. The van der Waals surface area contributed by atoms with Crippen molar-refractivity contribution in [2.45, 2.75) is 50.7 Å². The zero-order valence-electron chi connectivity index (χ0n) is 17.7. The molecule has 7 heteroatoms. The van der Waals surface area contributed by atoms with E-state index < -0.39 is 11.7 Å². The number of imidazole rings is 1. The lowest BCUT2D eigenvalue weighted by atomic mass is 9.87. The molecular formula is C24H28FN3O3. The molecule has 0 bridgehead atoms. The number of fused-ring (bicyclic) bond motifs is 1. The van der Waals surface area contributed by atoms with Crippen LogP contribution in [0, 0.1) is 6.92 Å². The lowest BCUT2D eigenvalue weighted by Gasteiger charge is -2.29. The topological polar surface area (TPSA) is 75.9 Å². The third-order valence-corrected chi connectivity index (χ3v) is 5.93. The van der Waals surface area contributed by atoms with Gasteiger partial charge < -0.3 is 15.2 Å². The normalized spacial score (nSPS) is 16.7. The maximum absolute atomic E-state index is 15.0. The molecule has 3 aromatic rings. The molecule has 1 aromatic carbocycles. The van der Waals surface area contributed by atoms with Crippen LogP contribution in [0.1, 0.15) is 59.9 Å². The molecule has 0 saturated heterocycles. The molecule has 1 aliphatic carbocycles. The number of nitrogens with one attached hydrogen (secondary N) is 1. The molecule has 6 nitrogen and oxygen atoms in total. The van der Waals surface area contributed by atoms with Crippen molar-refractivity contribution in [1.29, 1.82) is 0 Å². The highest BCUT2D eigenvalue weighted by molar-refractivity contribution is 5.95. The van der Waals surface area contributed by atoms with Gasteiger partial charge in [-0.1, -0.05) is 49.6 Å². The van der Waals surface area contributed by atoms with E-state index in [0.29, 0.717) is 35.6 Å². The molecule has 1 amide bonds. The molecule has 1 aliphatic rings. The summed E-state index contributed by atoms with van der Waals surface area (Å²) in [6.45, 7) is 1.51. The zero-order chi connectivity index (χ0) is 21.8. The number of aromatic nitrogens is 2. The van der Waals surface area contributed by atoms with E-state index in [1.165, 1.54) is 0 Å². The summed E-state index contributed by atoms with van der Waals surface area (Å²) in [4.78, 5) is 17.6. The Labute approximate surface area is 181 Å². The number of hydrogen-bond acceptors (Lipinski definition) is 4. The van der Waals surface area contributed by atoms with Crippen LogP contribution in [0.4, 0.5) is 4.39 Å². The van der Waals surface area contributed by atoms with Crippen LogP contribution >= 0.6 is 0 Å². The third kappa shape index (κ3) is 4.56. The molecule has 2 N–H and O–H groups in total. The smallest absolute Gasteiger partial charge is 0.270 e. The molecule has 0 unspecified atom stereocenters. The van der Waals surface area contributed by atoms with Crippen molar-refractivity contribution in [3.8, 4) is 5.75 Å². The van der Waals surface area contributed by atoms with E-state index >= 15 is 0 Å². The fraction of sp³-hybridized carbons (Fsp3) is 0.417. The summed E-state index contributed by atoms with van der Waals surface area (Å²) in [7, 11) is 0. The first-order valence-corrected chi connectivity index (χ1v) is 10.8. The fourth-order valence-electron chi connectivity index (χ4n) is 4.23. The Morgan fingerprint density at radius 3 is 2.68 bits per heavy atom. The van der Waals surface area contributed by atoms with Gasteiger partial charge in [-0.3, -0.25) is 9.20 Å². The van der Waals surface area contributed by atoms with Crippen LogP contribution in [0.25, 0.3) is 5.65 Å². The minimum atomic E-state index is -1.31. The number of rotatable bonds is 7. The summed E-state index contributed by atoms with van der Waals surface area (Å²) in [6.07, 6.45) is 5.59. The number of nitrogens with zero attached hydrogens (tertiary/aromatic N) is 2. The van der Waals surface area contributed by atoms with Gasteiger partial charge in [0.15, 0.2) is 11.4 Å². The Hall–Kier alpha value is -2.93. The van der Waals surface area contributed by atoms with Gasteiger partial charge in [0.2, 0.25) is 0 Å². The first kappa shape index (κ1) is 21.3. The van der Waals surface area contributed by atoms with E-state index in [0.717, 1.165) is 24.8 Å². The summed E-state index contributed by atoms with van der Waals surface area (Å²) in [5.41, 5.74) is 0.879. The maximum atomic E-state index is 15.0. The number of carbonyl (C=O) groups is 1. The number of aliphatic hydroxyl groups is 1. The highest BCUT2D eigenvalue weighted by Crippen LogP contribution is 2.33. The van der Waals surface area contributed by atoms with Gasteiger partial charge in [-0.15, -0.1) is 0 Å². The summed E-state index contributed by atoms with van der Waals surface area (Å²) in [5, 5.41) is 12.7. The Morgan fingerprint density at radius 1 is 1.23 bits per heavy atom. The van der Waals surface area contributed by atoms with E-state index in [1.54, 1.807) is 29.7 Å². The molecule has 1 atom stereocenters. The summed E-state index contributed by atoms with van der Waals surface area (Å²) < 4.78 is 22.5. The lowest BCUT2D eigenvalue weighted by Crippen LogP contribution is -2.33. The van der Waals surface area contributed by atoms with Gasteiger partial charge in [-0.05, 0) is 37.5 Å². The minimum Gasteiger partial charge on any atom is -0.486 e. The van der Waals surface area contributed by atoms with Crippen LogP contribution in [0.5, 0.6) is 5.75 Å². The van der Waals surface area contributed by atoms with E-state index in [-0.39, 0.29) is 19.1 Å². The number of hydrogen-bond donors (Lipinski definition) is 2. The van der Waals surface area contributed by atoms with Crippen LogP contribution in [-0.4, -0.2) is 39.3 Å². The second kappa shape index (κ2) is 9.06. The van der Waals surface area contributed by atoms with E-state index in [9.17, 15) is 14.3 Å². The molecule has 0 aliphatic heterocycles. The van der Waals surface area contributed by atoms with Crippen molar-refractivity contribution in [1.82, 2.24) is 14.7 Å². The molecular weight excluding hydrogens is 397 g/mol. The van der Waals surface area contributed by atoms with E-state index in [2.05, 4.69) is 10.3 Å². The monoisotopic (exact) mass is 425 g/mol. The Bertz CT molecular complexity index is 1040. The minimum absolute atomic E-state index is 0.0132. The van der Waals surface area contributed by atoms with Gasteiger partial charge in [-0.2, -0.15) is 0 Å². The highest BCUT2D eigenvalue weighted by Gasteiger charge is 2.33. The van der Waals surface area contributed by atoms with E-state index in [4.69, 9.17) is 4.74 Å². The zero-order valence-corrected chi connectivity index (χ0v) is 17.7. The van der Waals surface area contributed by atoms with Crippen LogP contribution in [-0.2, 0) is 0 Å². The van der Waals surface area contributed by atoms with Gasteiger partial charge in [0.1, 0.15) is 18.0 Å². The Morgan fingerprint density at radius 2 is 1.97 bits per heavy atom. The van der Waals surface area contributed by atoms with Crippen molar-refractivity contribution >= 4 is 11.6 Å². The largest absolute Gasteiger partial charge is 0.486 e. The summed E-state index contributed by atoms with van der Waals surface area (Å²) >= 11 is 0. The number of halogens is 1. The third-order valence-electron chi connectivity index (χ3n) is 5.93. The number of benzene rings is 1. The second-order valence-electron chi connectivity index (χ2n) is 8.23. The van der Waals surface area contributed by atoms with Crippen molar-refractivity contribution in [2.24, 2.45) is 0 Å². The van der Waals surface area contributed by atoms with Crippen molar-refractivity contribution in [2.75, 3.05) is 13.2 Å². The molecule has 2 aromatic heterocycles. The molecule has 31 heavy (non-hydrogen) atoms. The quantitative estimate of drug-likeness (QED) is 0.596. The SMILES string of the molecule is Cc1nc2c(OCC3(F)CCCCC3)cccn2c1C(=O)N[C@@H](CO)c1ccccc1. The molecule has 1 fully saturated rings. The molecule has 164 valence electrons. The predicted octanol–water partition coefficient (Wildman–Crippen LogP) is 4.16. The van der Waals surface area contributed by atoms with Crippen molar-refractivity contribution < 1.29 is 19.0 Å². The molecule has 2 heterocycles. The summed E-state index contributed by atoms with van der Waals surface area (Å²) in [6, 6.07) is 12.3.